The smallest absolute Gasteiger partial charge is 0.340 e. The van der Waals surface area contributed by atoms with Crippen molar-refractivity contribution in [1.29, 1.82) is 0 Å². The molecule has 90 valence electrons. The number of hydrogen-bond acceptors (Lipinski definition) is 4. The number of carbonyl (C=O) groups is 1. The molecular weight excluding hydrogens is 242 g/mol. The van der Waals surface area contributed by atoms with Gasteiger partial charge in [0.15, 0.2) is 6.23 Å². The van der Waals surface area contributed by atoms with E-state index in [2.05, 4.69) is 5.32 Å². The van der Waals surface area contributed by atoms with Crippen molar-refractivity contribution < 1.29 is 14.6 Å². The molecule has 0 fully saturated rings. The molecule has 4 nitrogen and oxygen atoms in total. The molecule has 1 aliphatic heterocycles. The molecule has 1 aliphatic rings. The van der Waals surface area contributed by atoms with E-state index in [1.807, 2.05) is 12.1 Å². The van der Waals surface area contributed by atoms with Gasteiger partial charge in [-0.25, -0.2) is 4.79 Å². The number of aliphatic hydroxyl groups excluding tert-OH is 1. The summed E-state index contributed by atoms with van der Waals surface area (Å²) in [5.41, 5.74) is 1.42. The average molecular weight is 254 g/mol. The van der Waals surface area contributed by atoms with Gasteiger partial charge in [-0.05, 0) is 13.0 Å². The molecule has 0 spiro atoms. The molecule has 0 saturated carbocycles. The van der Waals surface area contributed by atoms with E-state index in [1.54, 1.807) is 19.1 Å². The van der Waals surface area contributed by atoms with E-state index < -0.39 is 12.2 Å². The lowest BCUT2D eigenvalue weighted by Gasteiger charge is -2.25. The van der Waals surface area contributed by atoms with Crippen LogP contribution in [0, 0.1) is 0 Å². The Labute approximate surface area is 104 Å². The summed E-state index contributed by atoms with van der Waals surface area (Å²) >= 11 is 6.12. The number of benzene rings is 1. The highest BCUT2D eigenvalue weighted by atomic mass is 35.5. The highest BCUT2D eigenvalue weighted by molar-refractivity contribution is 6.51. The Morgan fingerprint density at radius 3 is 2.94 bits per heavy atom. The molecule has 1 aromatic carbocycles. The van der Waals surface area contributed by atoms with Gasteiger partial charge in [0.1, 0.15) is 5.57 Å². The normalized spacial score (nSPS) is 18.4. The van der Waals surface area contributed by atoms with Crippen LogP contribution in [0.15, 0.2) is 29.8 Å². The summed E-state index contributed by atoms with van der Waals surface area (Å²) in [6.07, 6.45) is -1.14. The molecule has 1 aromatic rings. The second-order valence-electron chi connectivity index (χ2n) is 3.54. The molecule has 1 heterocycles. The van der Waals surface area contributed by atoms with Crippen LogP contribution in [0.3, 0.4) is 0 Å². The van der Waals surface area contributed by atoms with Crippen LogP contribution in [-0.4, -0.2) is 23.9 Å². The first-order valence-electron chi connectivity index (χ1n) is 5.26. The van der Waals surface area contributed by atoms with Gasteiger partial charge in [-0.1, -0.05) is 29.8 Å². The molecule has 1 atom stereocenters. The van der Waals surface area contributed by atoms with E-state index in [9.17, 15) is 9.90 Å². The van der Waals surface area contributed by atoms with Crippen molar-refractivity contribution in [1.82, 2.24) is 0 Å². The van der Waals surface area contributed by atoms with Gasteiger partial charge in [-0.2, -0.15) is 0 Å². The lowest BCUT2D eigenvalue weighted by molar-refractivity contribution is -0.139. The molecule has 0 bridgehead atoms. The third-order valence-electron chi connectivity index (χ3n) is 2.46. The van der Waals surface area contributed by atoms with Crippen LogP contribution in [0.5, 0.6) is 0 Å². The molecule has 2 rings (SSSR count). The predicted molar refractivity (Wildman–Crippen MR) is 65.5 cm³/mol. The highest BCUT2D eigenvalue weighted by Crippen LogP contribution is 2.35. The van der Waals surface area contributed by atoms with Gasteiger partial charge in [0.25, 0.3) is 0 Å². The third-order valence-corrected chi connectivity index (χ3v) is 2.87. The first kappa shape index (κ1) is 12.0. The minimum Gasteiger partial charge on any atom is -0.462 e. The van der Waals surface area contributed by atoms with Crippen molar-refractivity contribution in [3.63, 3.8) is 0 Å². The van der Waals surface area contributed by atoms with Crippen molar-refractivity contribution in [2.75, 3.05) is 11.9 Å². The van der Waals surface area contributed by atoms with Gasteiger partial charge in [0.2, 0.25) is 0 Å². The summed E-state index contributed by atoms with van der Waals surface area (Å²) in [6.45, 7) is 1.93. The Balaban J connectivity index is 2.47. The van der Waals surface area contributed by atoms with Crippen LogP contribution >= 0.6 is 11.6 Å². The van der Waals surface area contributed by atoms with Crippen LogP contribution in [-0.2, 0) is 9.53 Å². The van der Waals surface area contributed by atoms with Crippen LogP contribution in [0.4, 0.5) is 5.69 Å². The number of nitrogens with one attached hydrogen (secondary N) is 1. The standard InChI is InChI=1S/C12H12ClNO3/c1-2-17-12(16)9-10(13)7-5-3-4-6-8(7)14-11(9)15/h3-6,11,14-15H,2H2,1H3. The van der Waals surface area contributed by atoms with Crippen molar-refractivity contribution in [3.05, 3.63) is 35.4 Å². The zero-order valence-electron chi connectivity index (χ0n) is 9.24. The average Bonchev–Trinajstić information content (AvgIpc) is 2.29. The number of ether oxygens (including phenoxy) is 1. The van der Waals surface area contributed by atoms with Gasteiger partial charge >= 0.3 is 5.97 Å². The van der Waals surface area contributed by atoms with Gasteiger partial charge < -0.3 is 15.2 Å². The summed E-state index contributed by atoms with van der Waals surface area (Å²) in [4.78, 5) is 11.7. The van der Waals surface area contributed by atoms with Crippen molar-refractivity contribution >= 4 is 28.3 Å². The largest absolute Gasteiger partial charge is 0.462 e. The predicted octanol–water partition coefficient (Wildman–Crippen LogP) is 1.94. The topological polar surface area (TPSA) is 58.6 Å². The van der Waals surface area contributed by atoms with E-state index in [4.69, 9.17) is 16.3 Å². The quantitative estimate of drug-likeness (QED) is 0.791. The monoisotopic (exact) mass is 253 g/mol. The Morgan fingerprint density at radius 1 is 1.53 bits per heavy atom. The third kappa shape index (κ3) is 2.14. The summed E-state index contributed by atoms with van der Waals surface area (Å²) in [5.74, 6) is -0.605. The molecule has 2 N–H and O–H groups in total. The Morgan fingerprint density at radius 2 is 2.24 bits per heavy atom. The van der Waals surface area contributed by atoms with Crippen molar-refractivity contribution in [2.24, 2.45) is 0 Å². The maximum Gasteiger partial charge on any atom is 0.340 e. The van der Waals surface area contributed by atoms with Crippen LogP contribution in [0.2, 0.25) is 0 Å². The lowest BCUT2D eigenvalue weighted by atomic mass is 10.0. The number of halogens is 1. The number of fused-ring (bicyclic) bond motifs is 1. The van der Waals surface area contributed by atoms with Gasteiger partial charge in [0, 0.05) is 11.3 Å². The summed E-state index contributed by atoms with van der Waals surface area (Å²) < 4.78 is 4.86. The molecule has 1 unspecified atom stereocenters. The van der Waals surface area contributed by atoms with E-state index in [0.717, 1.165) is 0 Å². The fourth-order valence-electron chi connectivity index (χ4n) is 1.70. The second-order valence-corrected chi connectivity index (χ2v) is 3.92. The van der Waals surface area contributed by atoms with E-state index in [0.29, 0.717) is 11.3 Å². The minimum atomic E-state index is -1.14. The van der Waals surface area contributed by atoms with Gasteiger partial charge in [0.05, 0.1) is 11.6 Å². The summed E-state index contributed by atoms with van der Waals surface area (Å²) in [5, 5.41) is 12.8. The lowest BCUT2D eigenvalue weighted by Crippen LogP contribution is -2.31. The molecule has 0 radical (unpaired) electrons. The number of carbonyl (C=O) groups excluding carboxylic acids is 1. The maximum absolute atomic E-state index is 11.7. The fraction of sp³-hybridized carbons (Fsp3) is 0.250. The molecule has 0 saturated heterocycles. The number of aliphatic hydroxyl groups is 1. The van der Waals surface area contributed by atoms with E-state index >= 15 is 0 Å². The summed E-state index contributed by atoms with van der Waals surface area (Å²) in [6, 6.07) is 7.18. The molecule has 17 heavy (non-hydrogen) atoms. The van der Waals surface area contributed by atoms with Gasteiger partial charge in [-0.15, -0.1) is 0 Å². The molecule has 0 amide bonds. The Hall–Kier alpha value is -1.52. The molecular formula is C12H12ClNO3. The van der Waals surface area contributed by atoms with Crippen molar-refractivity contribution in [2.45, 2.75) is 13.2 Å². The first-order valence-corrected chi connectivity index (χ1v) is 5.63. The van der Waals surface area contributed by atoms with Crippen molar-refractivity contribution in [3.8, 4) is 0 Å². The maximum atomic E-state index is 11.7. The zero-order valence-corrected chi connectivity index (χ0v) is 9.99. The van der Waals surface area contributed by atoms with Crippen LogP contribution in [0.25, 0.3) is 5.03 Å². The summed E-state index contributed by atoms with van der Waals surface area (Å²) in [7, 11) is 0. The fourth-order valence-corrected chi connectivity index (χ4v) is 2.04. The van der Waals surface area contributed by atoms with E-state index in [1.165, 1.54) is 0 Å². The van der Waals surface area contributed by atoms with Gasteiger partial charge in [-0.3, -0.25) is 0 Å². The number of para-hydroxylation sites is 1. The second kappa shape index (κ2) is 4.77. The first-order chi connectivity index (χ1) is 8.15. The van der Waals surface area contributed by atoms with Crippen LogP contribution < -0.4 is 5.32 Å². The zero-order chi connectivity index (χ0) is 12.4. The molecule has 0 aromatic heterocycles. The number of rotatable bonds is 2. The molecule has 5 heteroatoms. The SMILES string of the molecule is CCOC(=O)C1=C(Cl)c2ccccc2NC1O. The highest BCUT2D eigenvalue weighted by Gasteiger charge is 2.29. The Kier molecular flexibility index (Phi) is 3.36. The van der Waals surface area contributed by atoms with E-state index in [-0.39, 0.29) is 17.2 Å². The minimum absolute atomic E-state index is 0.0483. The molecule has 0 aliphatic carbocycles. The number of esters is 1. The number of anilines is 1. The Bertz CT molecular complexity index is 484. The number of hydrogen-bond donors (Lipinski definition) is 2. The van der Waals surface area contributed by atoms with Crippen LogP contribution in [0.1, 0.15) is 12.5 Å².